The van der Waals surface area contributed by atoms with Gasteiger partial charge in [-0.3, -0.25) is 4.79 Å². The van der Waals surface area contributed by atoms with E-state index in [4.69, 9.17) is 51.0 Å². The lowest BCUT2D eigenvalue weighted by Crippen LogP contribution is -2.20. The minimum Gasteiger partial charge on any atom is -0.484 e. The lowest BCUT2D eigenvalue weighted by Gasteiger charge is -2.11. The van der Waals surface area contributed by atoms with E-state index in [1.165, 1.54) is 6.07 Å². The van der Waals surface area contributed by atoms with E-state index >= 15 is 0 Å². The van der Waals surface area contributed by atoms with Crippen molar-refractivity contribution in [3.8, 4) is 5.75 Å². The van der Waals surface area contributed by atoms with Gasteiger partial charge in [-0.1, -0.05) is 34.8 Å². The molecule has 10 heteroatoms. The van der Waals surface area contributed by atoms with Crippen LogP contribution in [0.15, 0.2) is 30.3 Å². The number of aromatic nitrogens is 2. The molecule has 0 bridgehead atoms. The number of rotatable bonds is 4. The Morgan fingerprint density at radius 1 is 1.08 bits per heavy atom. The average Bonchev–Trinajstić information content (AvgIpc) is 2.58. The lowest BCUT2D eigenvalue weighted by molar-refractivity contribution is -0.118. The zero-order valence-corrected chi connectivity index (χ0v) is 15.4. The molecule has 0 spiro atoms. The van der Waals surface area contributed by atoms with Crippen molar-refractivity contribution in [2.24, 2.45) is 0 Å². The highest BCUT2D eigenvalue weighted by molar-refractivity contribution is 6.42. The molecule has 3 aromatic rings. The monoisotopic (exact) mass is 411 g/mol. The van der Waals surface area contributed by atoms with Crippen LogP contribution in [-0.2, 0) is 4.79 Å². The van der Waals surface area contributed by atoms with Crippen molar-refractivity contribution in [2.45, 2.75) is 0 Å². The predicted molar refractivity (Wildman–Crippen MR) is 104 cm³/mol. The van der Waals surface area contributed by atoms with Crippen LogP contribution in [-0.4, -0.2) is 22.5 Å². The van der Waals surface area contributed by atoms with Crippen LogP contribution >= 0.6 is 34.8 Å². The SMILES string of the molecule is Nc1nc(N)c2c(Cl)c(NC(=O)COc3ccc(Cl)c(Cl)c3)ccc2n1. The molecular weight excluding hydrogens is 401 g/mol. The maximum atomic E-state index is 12.1. The number of carbonyl (C=O) groups is 1. The highest BCUT2D eigenvalue weighted by Crippen LogP contribution is 2.33. The number of carbonyl (C=O) groups excluding carboxylic acids is 1. The smallest absolute Gasteiger partial charge is 0.262 e. The number of benzene rings is 2. The van der Waals surface area contributed by atoms with Crippen LogP contribution in [0.1, 0.15) is 0 Å². The zero-order chi connectivity index (χ0) is 18.8. The van der Waals surface area contributed by atoms with E-state index in [-0.39, 0.29) is 23.4 Å². The van der Waals surface area contributed by atoms with Crippen molar-refractivity contribution in [1.29, 1.82) is 0 Å². The van der Waals surface area contributed by atoms with Gasteiger partial charge in [0.2, 0.25) is 5.95 Å². The molecule has 0 atom stereocenters. The molecule has 0 aliphatic carbocycles. The van der Waals surface area contributed by atoms with E-state index in [0.29, 0.717) is 32.4 Å². The number of ether oxygens (including phenoxy) is 1. The van der Waals surface area contributed by atoms with Crippen molar-refractivity contribution < 1.29 is 9.53 Å². The van der Waals surface area contributed by atoms with Gasteiger partial charge in [0.25, 0.3) is 5.91 Å². The van der Waals surface area contributed by atoms with Crippen LogP contribution in [0, 0.1) is 0 Å². The molecule has 1 heterocycles. The Labute approximate surface area is 163 Å². The van der Waals surface area contributed by atoms with Crippen LogP contribution in [0.4, 0.5) is 17.5 Å². The number of fused-ring (bicyclic) bond motifs is 1. The predicted octanol–water partition coefficient (Wildman–Crippen LogP) is 3.77. The first-order valence-electron chi connectivity index (χ1n) is 7.24. The van der Waals surface area contributed by atoms with Crippen LogP contribution in [0.2, 0.25) is 15.1 Å². The molecule has 0 radical (unpaired) electrons. The Bertz CT molecular complexity index is 1010. The largest absolute Gasteiger partial charge is 0.484 e. The maximum Gasteiger partial charge on any atom is 0.262 e. The summed E-state index contributed by atoms with van der Waals surface area (Å²) >= 11 is 18.0. The van der Waals surface area contributed by atoms with E-state index < -0.39 is 5.91 Å². The number of halogens is 3. The summed E-state index contributed by atoms with van der Waals surface area (Å²) in [6.07, 6.45) is 0. The summed E-state index contributed by atoms with van der Waals surface area (Å²) < 4.78 is 5.38. The summed E-state index contributed by atoms with van der Waals surface area (Å²) in [5, 5.41) is 3.99. The second kappa shape index (κ2) is 7.41. The number of nitrogen functional groups attached to an aromatic ring is 2. The minimum atomic E-state index is -0.424. The van der Waals surface area contributed by atoms with Crippen LogP contribution in [0.3, 0.4) is 0 Å². The molecule has 5 N–H and O–H groups in total. The molecule has 0 saturated heterocycles. The number of nitrogens with zero attached hydrogens (tertiary/aromatic N) is 2. The Kier molecular flexibility index (Phi) is 5.22. The molecule has 0 saturated carbocycles. The number of amides is 1. The molecule has 0 aliphatic rings. The molecule has 26 heavy (non-hydrogen) atoms. The van der Waals surface area contributed by atoms with Gasteiger partial charge in [-0.2, -0.15) is 4.98 Å². The summed E-state index contributed by atoms with van der Waals surface area (Å²) in [5.74, 6) is 0.151. The molecule has 0 fully saturated rings. The van der Waals surface area contributed by atoms with E-state index in [1.807, 2.05) is 0 Å². The van der Waals surface area contributed by atoms with Gasteiger partial charge in [-0.15, -0.1) is 0 Å². The van der Waals surface area contributed by atoms with E-state index in [0.717, 1.165) is 0 Å². The number of nitrogens with two attached hydrogens (primary N) is 2. The van der Waals surface area contributed by atoms with Gasteiger partial charge in [-0.05, 0) is 24.3 Å². The fraction of sp³-hybridized carbons (Fsp3) is 0.0625. The first kappa shape index (κ1) is 18.3. The fourth-order valence-electron chi connectivity index (χ4n) is 2.23. The third-order valence-corrected chi connectivity index (χ3v) is 4.51. The van der Waals surface area contributed by atoms with Gasteiger partial charge in [-0.25, -0.2) is 4.98 Å². The summed E-state index contributed by atoms with van der Waals surface area (Å²) in [6, 6.07) is 7.92. The minimum absolute atomic E-state index is 0.0397. The molecule has 1 aromatic heterocycles. The summed E-state index contributed by atoms with van der Waals surface area (Å²) in [5.41, 5.74) is 12.2. The van der Waals surface area contributed by atoms with Gasteiger partial charge in [0, 0.05) is 6.07 Å². The van der Waals surface area contributed by atoms with Crippen molar-refractivity contribution in [1.82, 2.24) is 9.97 Å². The van der Waals surface area contributed by atoms with Gasteiger partial charge < -0.3 is 21.5 Å². The first-order valence-corrected chi connectivity index (χ1v) is 8.37. The first-order chi connectivity index (χ1) is 12.3. The van der Waals surface area contributed by atoms with Crippen molar-refractivity contribution >= 4 is 69.1 Å². The summed E-state index contributed by atoms with van der Waals surface area (Å²) in [7, 11) is 0. The molecular formula is C16H12Cl3N5O2. The van der Waals surface area contributed by atoms with E-state index in [2.05, 4.69) is 15.3 Å². The average molecular weight is 413 g/mol. The lowest BCUT2D eigenvalue weighted by atomic mass is 10.2. The van der Waals surface area contributed by atoms with E-state index in [9.17, 15) is 4.79 Å². The quantitative estimate of drug-likeness (QED) is 0.600. The number of hydrogen-bond acceptors (Lipinski definition) is 6. The number of anilines is 3. The maximum absolute atomic E-state index is 12.1. The number of hydrogen-bond donors (Lipinski definition) is 3. The van der Waals surface area contributed by atoms with Crippen molar-refractivity contribution in [3.05, 3.63) is 45.4 Å². The molecule has 3 rings (SSSR count). The second-order valence-electron chi connectivity index (χ2n) is 5.20. The van der Waals surface area contributed by atoms with Gasteiger partial charge in [0.05, 0.1) is 31.7 Å². The molecule has 1 amide bonds. The molecule has 0 aliphatic heterocycles. The topological polar surface area (TPSA) is 116 Å². The third-order valence-electron chi connectivity index (χ3n) is 3.38. The fourth-order valence-corrected chi connectivity index (χ4v) is 2.82. The highest BCUT2D eigenvalue weighted by Gasteiger charge is 2.14. The van der Waals surface area contributed by atoms with Gasteiger partial charge >= 0.3 is 0 Å². The normalized spacial score (nSPS) is 10.7. The Balaban J connectivity index is 1.75. The van der Waals surface area contributed by atoms with Crippen molar-refractivity contribution in [3.63, 3.8) is 0 Å². The van der Waals surface area contributed by atoms with Crippen molar-refractivity contribution in [2.75, 3.05) is 23.4 Å². The molecule has 7 nitrogen and oxygen atoms in total. The number of nitrogens with one attached hydrogen (secondary N) is 1. The summed E-state index contributed by atoms with van der Waals surface area (Å²) in [6.45, 7) is -0.250. The third kappa shape index (κ3) is 3.85. The molecule has 0 unspecified atom stereocenters. The van der Waals surface area contributed by atoms with Gasteiger partial charge in [0.15, 0.2) is 6.61 Å². The second-order valence-corrected chi connectivity index (χ2v) is 6.39. The highest BCUT2D eigenvalue weighted by atomic mass is 35.5. The zero-order valence-electron chi connectivity index (χ0n) is 13.1. The van der Waals surface area contributed by atoms with Crippen LogP contribution in [0.25, 0.3) is 10.9 Å². The molecule has 2 aromatic carbocycles. The van der Waals surface area contributed by atoms with Gasteiger partial charge in [0.1, 0.15) is 11.6 Å². The van der Waals surface area contributed by atoms with Crippen LogP contribution in [0.5, 0.6) is 5.75 Å². The standard InChI is InChI=1S/C16H12Cl3N5O2/c17-8-2-1-7(5-9(8)18)26-6-12(25)22-11-4-3-10-13(14(11)19)15(20)24-16(21)23-10/h1-5H,6H2,(H,22,25)(H4,20,21,23,24). The molecule has 134 valence electrons. The Morgan fingerprint density at radius 3 is 2.58 bits per heavy atom. The van der Waals surface area contributed by atoms with Crippen LogP contribution < -0.4 is 21.5 Å². The Morgan fingerprint density at radius 2 is 1.85 bits per heavy atom. The summed E-state index contributed by atoms with van der Waals surface area (Å²) in [4.78, 5) is 20.1. The van der Waals surface area contributed by atoms with E-state index in [1.54, 1.807) is 24.3 Å². The Hall–Kier alpha value is -2.48.